The van der Waals surface area contributed by atoms with Gasteiger partial charge in [-0.05, 0) is 37.8 Å². The number of hydrogen-bond donors (Lipinski definition) is 2. The van der Waals surface area contributed by atoms with Crippen molar-refractivity contribution in [2.24, 2.45) is 11.7 Å². The molecule has 1 atom stereocenters. The minimum absolute atomic E-state index is 0.0537. The van der Waals surface area contributed by atoms with Gasteiger partial charge in [0.05, 0.1) is 5.92 Å². The van der Waals surface area contributed by atoms with E-state index in [1.165, 1.54) is 12.8 Å². The third kappa shape index (κ3) is 3.50. The average molecular weight is 308 g/mol. The summed E-state index contributed by atoms with van der Waals surface area (Å²) in [7, 11) is 0. The largest absolute Gasteiger partial charge is 0.370 e. The molecule has 0 spiro atoms. The van der Waals surface area contributed by atoms with E-state index in [4.69, 9.17) is 17.3 Å². The molecule has 2 fully saturated rings. The topological polar surface area (TPSA) is 58.4 Å². The van der Waals surface area contributed by atoms with Gasteiger partial charge in [-0.1, -0.05) is 17.7 Å². The summed E-state index contributed by atoms with van der Waals surface area (Å²) >= 11 is 6.39. The van der Waals surface area contributed by atoms with Gasteiger partial charge >= 0.3 is 0 Å². The molecule has 3 N–H and O–H groups in total. The van der Waals surface area contributed by atoms with Crippen molar-refractivity contribution in [1.29, 1.82) is 0 Å². The van der Waals surface area contributed by atoms with Gasteiger partial charge in [0.2, 0.25) is 5.91 Å². The molecule has 21 heavy (non-hydrogen) atoms. The van der Waals surface area contributed by atoms with Crippen LogP contribution >= 0.6 is 11.6 Å². The van der Waals surface area contributed by atoms with Gasteiger partial charge in [-0.25, -0.2) is 0 Å². The van der Waals surface area contributed by atoms with E-state index in [9.17, 15) is 4.79 Å². The van der Waals surface area contributed by atoms with Gasteiger partial charge in [0.1, 0.15) is 0 Å². The molecule has 0 radical (unpaired) electrons. The number of carbonyl (C=O) groups is 1. The monoisotopic (exact) mass is 307 g/mol. The maximum absolute atomic E-state index is 11.5. The van der Waals surface area contributed by atoms with Crippen molar-refractivity contribution < 1.29 is 4.79 Å². The average Bonchev–Trinajstić information content (AvgIpc) is 3.30. The van der Waals surface area contributed by atoms with E-state index in [1.807, 2.05) is 12.1 Å². The zero-order valence-corrected chi connectivity index (χ0v) is 12.9. The molecular weight excluding hydrogens is 286 g/mol. The highest BCUT2D eigenvalue weighted by Gasteiger charge is 2.26. The van der Waals surface area contributed by atoms with Crippen molar-refractivity contribution in [1.82, 2.24) is 5.32 Å². The normalized spacial score (nSPS) is 22.3. The third-order valence-corrected chi connectivity index (χ3v) is 4.76. The molecule has 1 saturated carbocycles. The van der Waals surface area contributed by atoms with Crippen molar-refractivity contribution in [3.05, 3.63) is 28.8 Å². The second-order valence-electron chi connectivity index (χ2n) is 6.08. The summed E-state index contributed by atoms with van der Waals surface area (Å²) < 4.78 is 0. The molecule has 1 unspecified atom stereocenters. The van der Waals surface area contributed by atoms with Crippen LogP contribution in [-0.2, 0) is 11.3 Å². The summed E-state index contributed by atoms with van der Waals surface area (Å²) in [6.07, 6.45) is 4.40. The number of nitrogens with one attached hydrogen (secondary N) is 1. The van der Waals surface area contributed by atoms with Crippen LogP contribution in [0.25, 0.3) is 0 Å². The van der Waals surface area contributed by atoms with Crippen LogP contribution in [0.2, 0.25) is 5.02 Å². The second kappa shape index (κ2) is 6.24. The Hall–Kier alpha value is -1.26. The van der Waals surface area contributed by atoms with Gasteiger partial charge in [-0.2, -0.15) is 0 Å². The summed E-state index contributed by atoms with van der Waals surface area (Å²) in [5.41, 5.74) is 7.75. The molecule has 0 bridgehead atoms. The zero-order valence-electron chi connectivity index (χ0n) is 12.1. The number of carbonyl (C=O) groups excluding carboxylic acids is 1. The van der Waals surface area contributed by atoms with E-state index in [1.54, 1.807) is 0 Å². The number of anilines is 1. The first-order chi connectivity index (χ1) is 10.1. The lowest BCUT2D eigenvalue weighted by molar-refractivity contribution is -0.122. The number of nitrogens with two attached hydrogens (primary N) is 1. The first kappa shape index (κ1) is 14.7. The number of benzene rings is 1. The Kier molecular flexibility index (Phi) is 4.36. The van der Waals surface area contributed by atoms with Crippen LogP contribution in [0.5, 0.6) is 0 Å². The molecule has 2 aliphatic rings. The standard InChI is InChI=1S/C16H22ClN3O/c17-14-4-1-5-15(13(14)9-19-12-6-7-12)20-8-2-3-11(10-20)16(18)21/h1,4-5,11-12,19H,2-3,6-10H2,(H2,18,21). The van der Waals surface area contributed by atoms with E-state index < -0.39 is 0 Å². The van der Waals surface area contributed by atoms with Crippen LogP contribution in [0, 0.1) is 5.92 Å². The highest BCUT2D eigenvalue weighted by Crippen LogP contribution is 2.31. The molecular formula is C16H22ClN3O. The van der Waals surface area contributed by atoms with E-state index in [-0.39, 0.29) is 11.8 Å². The van der Waals surface area contributed by atoms with Gasteiger partial charge in [0.25, 0.3) is 0 Å². The van der Waals surface area contributed by atoms with Gasteiger partial charge in [-0.3, -0.25) is 4.79 Å². The van der Waals surface area contributed by atoms with Crippen LogP contribution < -0.4 is 16.0 Å². The number of nitrogens with zero attached hydrogens (tertiary/aromatic N) is 1. The molecule has 1 aliphatic carbocycles. The Balaban J connectivity index is 1.79. The SMILES string of the molecule is NC(=O)C1CCCN(c2cccc(Cl)c2CNC2CC2)C1. The molecule has 114 valence electrons. The fourth-order valence-electron chi connectivity index (χ4n) is 2.98. The number of amides is 1. The Bertz CT molecular complexity index is 530. The Morgan fingerprint density at radius 2 is 2.19 bits per heavy atom. The predicted molar refractivity (Wildman–Crippen MR) is 85.4 cm³/mol. The summed E-state index contributed by atoms with van der Waals surface area (Å²) in [4.78, 5) is 13.7. The molecule has 1 saturated heterocycles. The quantitative estimate of drug-likeness (QED) is 0.877. The van der Waals surface area contributed by atoms with Crippen molar-refractivity contribution in [2.75, 3.05) is 18.0 Å². The fraction of sp³-hybridized carbons (Fsp3) is 0.562. The summed E-state index contributed by atoms with van der Waals surface area (Å²) in [5, 5.41) is 4.32. The van der Waals surface area contributed by atoms with Crippen molar-refractivity contribution >= 4 is 23.2 Å². The molecule has 1 aromatic rings. The fourth-order valence-corrected chi connectivity index (χ4v) is 3.22. The van der Waals surface area contributed by atoms with Crippen LogP contribution in [0.15, 0.2) is 18.2 Å². The molecule has 5 heteroatoms. The van der Waals surface area contributed by atoms with Crippen molar-refractivity contribution in [3.8, 4) is 0 Å². The van der Waals surface area contributed by atoms with E-state index in [0.29, 0.717) is 12.6 Å². The van der Waals surface area contributed by atoms with Crippen LogP contribution in [-0.4, -0.2) is 25.0 Å². The molecule has 1 amide bonds. The highest BCUT2D eigenvalue weighted by molar-refractivity contribution is 6.31. The Morgan fingerprint density at radius 1 is 1.38 bits per heavy atom. The van der Waals surface area contributed by atoms with Crippen LogP contribution in [0.4, 0.5) is 5.69 Å². The number of rotatable bonds is 5. The first-order valence-corrected chi connectivity index (χ1v) is 8.08. The van der Waals surface area contributed by atoms with E-state index in [0.717, 1.165) is 42.2 Å². The van der Waals surface area contributed by atoms with Crippen molar-refractivity contribution in [3.63, 3.8) is 0 Å². The van der Waals surface area contributed by atoms with Crippen LogP contribution in [0.1, 0.15) is 31.2 Å². The smallest absolute Gasteiger partial charge is 0.222 e. The molecule has 1 aromatic carbocycles. The Labute approximate surface area is 130 Å². The van der Waals surface area contributed by atoms with Crippen molar-refractivity contribution in [2.45, 2.75) is 38.3 Å². The summed E-state index contributed by atoms with van der Waals surface area (Å²) in [6, 6.07) is 6.66. The first-order valence-electron chi connectivity index (χ1n) is 7.70. The van der Waals surface area contributed by atoms with E-state index >= 15 is 0 Å². The Morgan fingerprint density at radius 3 is 2.90 bits per heavy atom. The van der Waals surface area contributed by atoms with Crippen LogP contribution in [0.3, 0.4) is 0 Å². The number of piperidine rings is 1. The molecule has 0 aromatic heterocycles. The second-order valence-corrected chi connectivity index (χ2v) is 6.49. The van der Waals surface area contributed by atoms with Gasteiger partial charge in [0.15, 0.2) is 0 Å². The maximum atomic E-state index is 11.5. The number of halogens is 1. The minimum atomic E-state index is -0.195. The minimum Gasteiger partial charge on any atom is -0.370 e. The third-order valence-electron chi connectivity index (χ3n) is 4.40. The maximum Gasteiger partial charge on any atom is 0.222 e. The molecule has 3 rings (SSSR count). The van der Waals surface area contributed by atoms with Gasteiger partial charge in [0, 0.05) is 41.9 Å². The lowest BCUT2D eigenvalue weighted by Crippen LogP contribution is -2.41. The molecule has 4 nitrogen and oxygen atoms in total. The molecule has 1 aliphatic heterocycles. The van der Waals surface area contributed by atoms with Gasteiger partial charge in [-0.15, -0.1) is 0 Å². The van der Waals surface area contributed by atoms with E-state index in [2.05, 4.69) is 16.3 Å². The predicted octanol–water partition coefficient (Wildman–Crippen LogP) is 2.29. The van der Waals surface area contributed by atoms with Gasteiger partial charge < -0.3 is 16.0 Å². The lowest BCUT2D eigenvalue weighted by atomic mass is 9.96. The zero-order chi connectivity index (χ0) is 14.8. The number of primary amides is 1. The lowest BCUT2D eigenvalue weighted by Gasteiger charge is -2.34. The molecule has 1 heterocycles. The summed E-state index contributed by atoms with van der Waals surface area (Å²) in [6.45, 7) is 2.45. The summed E-state index contributed by atoms with van der Waals surface area (Å²) in [5.74, 6) is -0.249. The number of hydrogen-bond acceptors (Lipinski definition) is 3. The highest BCUT2D eigenvalue weighted by atomic mass is 35.5.